The second kappa shape index (κ2) is 6.43. The maximum Gasteiger partial charge on any atom is 0.342 e. The van der Waals surface area contributed by atoms with E-state index < -0.39 is 5.97 Å². The van der Waals surface area contributed by atoms with E-state index in [4.69, 9.17) is 18.6 Å². The highest BCUT2D eigenvalue weighted by Gasteiger charge is 2.20. The van der Waals surface area contributed by atoms with Gasteiger partial charge in [-0.25, -0.2) is 4.79 Å². The molecule has 1 aromatic carbocycles. The van der Waals surface area contributed by atoms with E-state index in [0.717, 1.165) is 0 Å². The number of carbonyl (C=O) groups is 1. The Labute approximate surface area is 117 Å². The number of methoxy groups -OCH3 is 1. The van der Waals surface area contributed by atoms with Gasteiger partial charge in [-0.1, -0.05) is 0 Å². The summed E-state index contributed by atoms with van der Waals surface area (Å²) in [5.41, 5.74) is 1.09. The Morgan fingerprint density at radius 1 is 1.30 bits per heavy atom. The molecule has 0 aliphatic carbocycles. The molecule has 5 nitrogen and oxygen atoms in total. The molecular formula is C15H18O5. The topological polar surface area (TPSA) is 57.9 Å². The quantitative estimate of drug-likeness (QED) is 0.600. The van der Waals surface area contributed by atoms with Gasteiger partial charge in [0.2, 0.25) is 0 Å². The fourth-order valence-electron chi connectivity index (χ4n) is 2.00. The van der Waals surface area contributed by atoms with E-state index in [1.165, 1.54) is 0 Å². The minimum absolute atomic E-state index is 0.215. The number of carbonyl (C=O) groups excluding carboxylic acids is 1. The Hall–Kier alpha value is -2.01. The van der Waals surface area contributed by atoms with Crippen molar-refractivity contribution in [2.24, 2.45) is 0 Å². The number of aryl methyl sites for hydroxylation is 1. The molecule has 5 heteroatoms. The first-order chi connectivity index (χ1) is 9.67. The molecule has 108 valence electrons. The van der Waals surface area contributed by atoms with Crippen LogP contribution in [0.1, 0.15) is 23.0 Å². The first-order valence-electron chi connectivity index (χ1n) is 6.49. The molecule has 0 amide bonds. The maximum absolute atomic E-state index is 12.1. The fraction of sp³-hybridized carbons (Fsp3) is 0.400. The first kappa shape index (κ1) is 14.4. The molecule has 1 heterocycles. The van der Waals surface area contributed by atoms with Crippen LogP contribution in [0.3, 0.4) is 0 Å². The molecule has 0 atom stereocenters. The largest absolute Gasteiger partial charge is 0.494 e. The van der Waals surface area contributed by atoms with E-state index in [-0.39, 0.29) is 6.61 Å². The van der Waals surface area contributed by atoms with Crippen LogP contribution in [0.5, 0.6) is 5.75 Å². The van der Waals surface area contributed by atoms with E-state index in [0.29, 0.717) is 41.3 Å². The number of hydrogen-bond donors (Lipinski definition) is 0. The van der Waals surface area contributed by atoms with Crippen molar-refractivity contribution in [3.05, 3.63) is 29.5 Å². The van der Waals surface area contributed by atoms with Crippen LogP contribution < -0.4 is 4.74 Å². The van der Waals surface area contributed by atoms with Crippen molar-refractivity contribution in [1.29, 1.82) is 0 Å². The van der Waals surface area contributed by atoms with Crippen molar-refractivity contribution in [2.75, 3.05) is 26.9 Å². The predicted octanol–water partition coefficient (Wildman–Crippen LogP) is 2.94. The molecule has 0 aliphatic rings. The number of benzene rings is 1. The zero-order valence-corrected chi connectivity index (χ0v) is 11.9. The second-order valence-corrected chi connectivity index (χ2v) is 4.25. The standard InChI is InChI=1S/C15H18O5/c1-4-18-11-5-6-13-12(9-11)14(10(2)20-13)15(16)19-8-7-17-3/h5-6,9H,4,7-8H2,1-3H3. The Bertz CT molecular complexity index is 600. The van der Waals surface area contributed by atoms with Gasteiger partial charge in [-0.15, -0.1) is 0 Å². The summed E-state index contributed by atoms with van der Waals surface area (Å²) in [5.74, 6) is 0.828. The third-order valence-electron chi connectivity index (χ3n) is 2.87. The lowest BCUT2D eigenvalue weighted by molar-refractivity contribution is 0.0388. The predicted molar refractivity (Wildman–Crippen MR) is 74.3 cm³/mol. The lowest BCUT2D eigenvalue weighted by Gasteiger charge is -2.04. The van der Waals surface area contributed by atoms with Crippen LogP contribution >= 0.6 is 0 Å². The summed E-state index contributed by atoms with van der Waals surface area (Å²) in [6.07, 6.45) is 0. The molecule has 0 aliphatic heterocycles. The van der Waals surface area contributed by atoms with Gasteiger partial charge < -0.3 is 18.6 Å². The number of hydrogen-bond acceptors (Lipinski definition) is 5. The van der Waals surface area contributed by atoms with E-state index in [1.807, 2.05) is 13.0 Å². The van der Waals surface area contributed by atoms with Gasteiger partial charge in [0.15, 0.2) is 0 Å². The number of furan rings is 1. The van der Waals surface area contributed by atoms with Crippen LogP contribution in [0, 0.1) is 6.92 Å². The summed E-state index contributed by atoms with van der Waals surface area (Å²) in [6, 6.07) is 5.40. The third kappa shape index (κ3) is 2.93. The van der Waals surface area contributed by atoms with Crippen molar-refractivity contribution in [2.45, 2.75) is 13.8 Å². The summed E-state index contributed by atoms with van der Waals surface area (Å²) in [4.78, 5) is 12.1. The smallest absolute Gasteiger partial charge is 0.342 e. The minimum atomic E-state index is -0.410. The zero-order valence-electron chi connectivity index (χ0n) is 11.9. The van der Waals surface area contributed by atoms with Crippen LogP contribution in [0.15, 0.2) is 22.6 Å². The van der Waals surface area contributed by atoms with Gasteiger partial charge in [0, 0.05) is 12.5 Å². The summed E-state index contributed by atoms with van der Waals surface area (Å²) in [7, 11) is 1.56. The number of esters is 1. The number of rotatable bonds is 6. The van der Waals surface area contributed by atoms with Crippen molar-refractivity contribution < 1.29 is 23.4 Å². The molecule has 2 aromatic rings. The molecule has 20 heavy (non-hydrogen) atoms. The molecule has 1 aromatic heterocycles. The fourth-order valence-corrected chi connectivity index (χ4v) is 2.00. The first-order valence-corrected chi connectivity index (χ1v) is 6.49. The van der Waals surface area contributed by atoms with Gasteiger partial charge in [-0.05, 0) is 32.0 Å². The Kier molecular flexibility index (Phi) is 4.63. The summed E-state index contributed by atoms with van der Waals surface area (Å²) < 4.78 is 21.0. The Morgan fingerprint density at radius 2 is 2.10 bits per heavy atom. The SMILES string of the molecule is CCOc1ccc2oc(C)c(C(=O)OCCOC)c2c1. The number of fused-ring (bicyclic) bond motifs is 1. The van der Waals surface area contributed by atoms with E-state index in [9.17, 15) is 4.79 Å². The summed E-state index contributed by atoms with van der Waals surface area (Å²) in [5, 5.41) is 0.705. The zero-order chi connectivity index (χ0) is 14.5. The third-order valence-corrected chi connectivity index (χ3v) is 2.87. The summed E-state index contributed by atoms with van der Waals surface area (Å²) >= 11 is 0. The Morgan fingerprint density at radius 3 is 2.80 bits per heavy atom. The van der Waals surface area contributed by atoms with Gasteiger partial charge in [0.1, 0.15) is 29.3 Å². The molecule has 0 fully saturated rings. The van der Waals surface area contributed by atoms with Crippen LogP contribution in [-0.2, 0) is 9.47 Å². The van der Waals surface area contributed by atoms with Gasteiger partial charge in [0.25, 0.3) is 0 Å². The molecule has 2 rings (SSSR count). The average molecular weight is 278 g/mol. The summed E-state index contributed by atoms with van der Waals surface area (Å²) in [6.45, 7) is 4.80. The molecule has 0 saturated carbocycles. The molecular weight excluding hydrogens is 260 g/mol. The molecule has 0 unspecified atom stereocenters. The van der Waals surface area contributed by atoms with Crippen molar-refractivity contribution in [1.82, 2.24) is 0 Å². The Balaban J connectivity index is 2.33. The van der Waals surface area contributed by atoms with Crippen LogP contribution in [0.4, 0.5) is 0 Å². The normalized spacial score (nSPS) is 10.8. The second-order valence-electron chi connectivity index (χ2n) is 4.25. The molecule has 0 bridgehead atoms. The highest BCUT2D eigenvalue weighted by Crippen LogP contribution is 2.29. The lowest BCUT2D eigenvalue weighted by Crippen LogP contribution is -2.10. The van der Waals surface area contributed by atoms with Crippen molar-refractivity contribution >= 4 is 16.9 Å². The van der Waals surface area contributed by atoms with Gasteiger partial charge in [-0.3, -0.25) is 0 Å². The van der Waals surface area contributed by atoms with E-state index in [2.05, 4.69) is 0 Å². The molecule has 0 N–H and O–H groups in total. The molecule has 0 radical (unpaired) electrons. The highest BCUT2D eigenvalue weighted by atomic mass is 16.6. The maximum atomic E-state index is 12.1. The van der Waals surface area contributed by atoms with E-state index in [1.54, 1.807) is 26.2 Å². The lowest BCUT2D eigenvalue weighted by atomic mass is 10.1. The van der Waals surface area contributed by atoms with Gasteiger partial charge in [0.05, 0.1) is 13.2 Å². The van der Waals surface area contributed by atoms with Crippen LogP contribution in [0.25, 0.3) is 11.0 Å². The van der Waals surface area contributed by atoms with Crippen LogP contribution in [0.2, 0.25) is 0 Å². The van der Waals surface area contributed by atoms with E-state index >= 15 is 0 Å². The monoisotopic (exact) mass is 278 g/mol. The number of ether oxygens (including phenoxy) is 3. The van der Waals surface area contributed by atoms with Crippen molar-refractivity contribution in [3.8, 4) is 5.75 Å². The highest BCUT2D eigenvalue weighted by molar-refractivity contribution is 6.04. The molecule has 0 spiro atoms. The van der Waals surface area contributed by atoms with Crippen LogP contribution in [-0.4, -0.2) is 32.9 Å². The average Bonchev–Trinajstić information content (AvgIpc) is 2.74. The van der Waals surface area contributed by atoms with Gasteiger partial charge >= 0.3 is 5.97 Å². The minimum Gasteiger partial charge on any atom is -0.494 e. The van der Waals surface area contributed by atoms with Crippen molar-refractivity contribution in [3.63, 3.8) is 0 Å². The van der Waals surface area contributed by atoms with Gasteiger partial charge in [-0.2, -0.15) is 0 Å². The molecule has 0 saturated heterocycles.